The average Bonchev–Trinajstić information content (AvgIpc) is 3.00. The Morgan fingerprint density at radius 1 is 1.24 bits per heavy atom. The van der Waals surface area contributed by atoms with E-state index in [-0.39, 0.29) is 6.04 Å². The molecule has 0 spiro atoms. The average molecular weight is 248 g/mol. The second-order valence-electron chi connectivity index (χ2n) is 3.72. The van der Waals surface area contributed by atoms with Crippen LogP contribution in [0.1, 0.15) is 11.6 Å². The van der Waals surface area contributed by atoms with Crippen molar-refractivity contribution >= 4 is 23.5 Å². The van der Waals surface area contributed by atoms with Crippen LogP contribution in [0.3, 0.4) is 0 Å². The third-order valence-electron chi connectivity index (χ3n) is 2.57. The molecule has 0 aliphatic carbocycles. The molecule has 1 N–H and O–H groups in total. The van der Waals surface area contributed by atoms with Gasteiger partial charge in [-0.25, -0.2) is 0 Å². The summed E-state index contributed by atoms with van der Waals surface area (Å²) in [5.74, 6) is 0. The molecule has 17 heavy (non-hydrogen) atoms. The van der Waals surface area contributed by atoms with Crippen LogP contribution < -0.4 is 10.5 Å². The Kier molecular flexibility index (Phi) is 2.59. The summed E-state index contributed by atoms with van der Waals surface area (Å²) < 4.78 is 5.01. The molecule has 1 atom stereocenters. The molecular weight excluding hydrogens is 238 g/mol. The summed E-state index contributed by atoms with van der Waals surface area (Å²) in [5, 5.41) is 6.68. The Bertz CT molecular complexity index is 521. The summed E-state index contributed by atoms with van der Waals surface area (Å²) in [7, 11) is 0. The first-order valence-electron chi connectivity index (χ1n) is 5.21. The highest BCUT2D eigenvalue weighted by molar-refractivity contribution is 6.30. The lowest BCUT2D eigenvalue weighted by Gasteiger charge is -2.15. The molecule has 0 saturated heterocycles. The van der Waals surface area contributed by atoms with Crippen LogP contribution in [0.5, 0.6) is 0 Å². The van der Waals surface area contributed by atoms with E-state index in [0.29, 0.717) is 0 Å². The van der Waals surface area contributed by atoms with Crippen LogP contribution in [0.4, 0.5) is 5.69 Å². The predicted molar refractivity (Wildman–Crippen MR) is 67.0 cm³/mol. The number of hydrazine groups is 1. The van der Waals surface area contributed by atoms with E-state index in [9.17, 15) is 0 Å². The molecule has 4 nitrogen and oxygen atoms in total. The smallest absolute Gasteiger partial charge is 0.117 e. The first-order chi connectivity index (χ1) is 8.33. The molecule has 2 aromatic rings. The Hall–Kier alpha value is -1.78. The number of furan rings is 1. The van der Waals surface area contributed by atoms with E-state index in [4.69, 9.17) is 16.0 Å². The zero-order valence-electron chi connectivity index (χ0n) is 8.88. The maximum absolute atomic E-state index is 5.85. The largest absolute Gasteiger partial charge is 0.470 e. The highest BCUT2D eigenvalue weighted by Crippen LogP contribution is 2.22. The number of anilines is 1. The van der Waals surface area contributed by atoms with Gasteiger partial charge in [0.2, 0.25) is 0 Å². The molecule has 0 fully saturated rings. The number of rotatable bonds is 2. The Morgan fingerprint density at radius 2 is 2.06 bits per heavy atom. The first-order valence-corrected chi connectivity index (χ1v) is 5.59. The van der Waals surface area contributed by atoms with Crippen molar-refractivity contribution < 1.29 is 4.42 Å². The molecule has 1 aromatic carbocycles. The number of nitrogens with zero attached hydrogens (tertiary/aromatic N) is 2. The van der Waals surface area contributed by atoms with Gasteiger partial charge in [0.25, 0.3) is 0 Å². The van der Waals surface area contributed by atoms with E-state index < -0.39 is 0 Å². The molecule has 0 bridgehead atoms. The van der Waals surface area contributed by atoms with Crippen LogP contribution in [-0.4, -0.2) is 6.21 Å². The second kappa shape index (κ2) is 4.24. The molecule has 3 rings (SSSR count). The van der Waals surface area contributed by atoms with Crippen LogP contribution >= 0.6 is 11.6 Å². The number of hydrazone groups is 1. The van der Waals surface area contributed by atoms with Gasteiger partial charge in [-0.2, -0.15) is 15.6 Å². The van der Waals surface area contributed by atoms with Crippen LogP contribution in [-0.2, 0) is 0 Å². The van der Waals surface area contributed by atoms with Gasteiger partial charge in [0, 0.05) is 17.3 Å². The second-order valence-corrected chi connectivity index (χ2v) is 4.15. The van der Waals surface area contributed by atoms with Gasteiger partial charge in [-0.1, -0.05) is 23.7 Å². The van der Waals surface area contributed by atoms with Gasteiger partial charge >= 0.3 is 0 Å². The van der Waals surface area contributed by atoms with Crippen molar-refractivity contribution in [3.63, 3.8) is 0 Å². The van der Waals surface area contributed by atoms with Crippen LogP contribution in [0.15, 0.2) is 52.4 Å². The standard InChI is InChI=1S/C12H10ClN3O/c13-10-3-1-9(2-4-10)12-7-14-16(15-12)11-5-6-17-8-11/h1-8,12,15H. The highest BCUT2D eigenvalue weighted by atomic mass is 35.5. The third-order valence-corrected chi connectivity index (χ3v) is 2.82. The number of hydrogen-bond donors (Lipinski definition) is 1. The topological polar surface area (TPSA) is 40.8 Å². The number of halogens is 1. The molecule has 1 aliphatic rings. The third kappa shape index (κ3) is 2.05. The quantitative estimate of drug-likeness (QED) is 0.887. The van der Waals surface area contributed by atoms with E-state index >= 15 is 0 Å². The van der Waals surface area contributed by atoms with Gasteiger partial charge in [0.15, 0.2) is 0 Å². The van der Waals surface area contributed by atoms with Crippen molar-refractivity contribution in [3.8, 4) is 0 Å². The molecule has 5 heteroatoms. The maximum Gasteiger partial charge on any atom is 0.117 e. The monoisotopic (exact) mass is 247 g/mol. The molecule has 2 heterocycles. The van der Waals surface area contributed by atoms with E-state index in [2.05, 4.69) is 10.5 Å². The van der Waals surface area contributed by atoms with Gasteiger partial charge < -0.3 is 4.42 Å². The van der Waals surface area contributed by atoms with E-state index in [1.807, 2.05) is 36.5 Å². The lowest BCUT2D eigenvalue weighted by atomic mass is 10.1. The summed E-state index contributed by atoms with van der Waals surface area (Å²) >= 11 is 5.85. The van der Waals surface area contributed by atoms with E-state index in [1.54, 1.807) is 17.6 Å². The van der Waals surface area contributed by atoms with Gasteiger partial charge in [-0.15, -0.1) is 0 Å². The normalized spacial score (nSPS) is 18.9. The van der Waals surface area contributed by atoms with Gasteiger partial charge in [-0.05, 0) is 17.7 Å². The van der Waals surface area contributed by atoms with Crippen LogP contribution in [0.25, 0.3) is 0 Å². The van der Waals surface area contributed by atoms with E-state index in [0.717, 1.165) is 16.3 Å². The van der Waals surface area contributed by atoms with Gasteiger partial charge in [0.05, 0.1) is 12.3 Å². The fraction of sp³-hybridized carbons (Fsp3) is 0.0833. The van der Waals surface area contributed by atoms with E-state index in [1.165, 1.54) is 0 Å². The lowest BCUT2D eigenvalue weighted by Crippen LogP contribution is -2.30. The SMILES string of the molecule is Clc1ccc(C2C=NN(c3ccoc3)N2)cc1. The molecule has 1 aromatic heterocycles. The summed E-state index contributed by atoms with van der Waals surface area (Å²) in [6, 6.07) is 9.59. The summed E-state index contributed by atoms with van der Waals surface area (Å²) in [5.41, 5.74) is 5.22. The first kappa shape index (κ1) is 10.4. The van der Waals surface area contributed by atoms with Crippen molar-refractivity contribution in [2.24, 2.45) is 5.10 Å². The zero-order chi connectivity index (χ0) is 11.7. The Balaban J connectivity index is 1.77. The minimum atomic E-state index is 0.0576. The van der Waals surface area contributed by atoms with Crippen molar-refractivity contribution in [1.29, 1.82) is 0 Å². The zero-order valence-corrected chi connectivity index (χ0v) is 9.63. The fourth-order valence-corrected chi connectivity index (χ4v) is 1.81. The number of nitrogens with one attached hydrogen (secondary N) is 1. The van der Waals surface area contributed by atoms with Gasteiger partial charge in [-0.3, -0.25) is 0 Å². The summed E-state index contributed by atoms with van der Waals surface area (Å²) in [6.07, 6.45) is 5.09. The fourth-order valence-electron chi connectivity index (χ4n) is 1.68. The molecule has 0 saturated carbocycles. The minimum absolute atomic E-state index is 0.0576. The number of benzene rings is 1. The van der Waals surface area contributed by atoms with Crippen LogP contribution in [0, 0.1) is 0 Å². The van der Waals surface area contributed by atoms with Crippen molar-refractivity contribution in [2.75, 3.05) is 5.12 Å². The Labute approximate surface area is 103 Å². The Morgan fingerprint density at radius 3 is 2.76 bits per heavy atom. The highest BCUT2D eigenvalue weighted by Gasteiger charge is 2.19. The predicted octanol–water partition coefficient (Wildman–Crippen LogP) is 2.98. The molecule has 86 valence electrons. The molecule has 1 unspecified atom stereocenters. The van der Waals surface area contributed by atoms with Gasteiger partial charge in [0.1, 0.15) is 12.0 Å². The minimum Gasteiger partial charge on any atom is -0.470 e. The number of hydrogen-bond acceptors (Lipinski definition) is 4. The molecule has 0 radical (unpaired) electrons. The van der Waals surface area contributed by atoms with Crippen molar-refractivity contribution in [1.82, 2.24) is 5.43 Å². The van der Waals surface area contributed by atoms with Crippen LogP contribution in [0.2, 0.25) is 5.02 Å². The summed E-state index contributed by atoms with van der Waals surface area (Å²) in [6.45, 7) is 0. The summed E-state index contributed by atoms with van der Waals surface area (Å²) in [4.78, 5) is 0. The van der Waals surface area contributed by atoms with Crippen molar-refractivity contribution in [2.45, 2.75) is 6.04 Å². The molecule has 1 aliphatic heterocycles. The molecular formula is C12H10ClN3O. The van der Waals surface area contributed by atoms with Crippen molar-refractivity contribution in [3.05, 3.63) is 53.4 Å². The maximum atomic E-state index is 5.85. The lowest BCUT2D eigenvalue weighted by molar-refractivity contribution is 0.563. The molecule has 0 amide bonds.